The summed E-state index contributed by atoms with van der Waals surface area (Å²) in [5.74, 6) is -0.315. The summed E-state index contributed by atoms with van der Waals surface area (Å²) in [5, 5.41) is 13.4. The van der Waals surface area contributed by atoms with Crippen LogP contribution in [-0.2, 0) is 9.53 Å². The Hall–Kier alpha value is -1.99. The number of nitro benzene ring substituents is 1. The first-order valence-electron chi connectivity index (χ1n) is 5.79. The summed E-state index contributed by atoms with van der Waals surface area (Å²) in [6.07, 6.45) is 0. The second-order valence-corrected chi connectivity index (χ2v) is 4.10. The minimum Gasteiger partial charge on any atom is -0.370 e. The van der Waals surface area contributed by atoms with Crippen LogP contribution < -0.4 is 11.1 Å². The molecule has 3 N–H and O–H groups in total. The number of carbonyl (C=O) groups is 1. The molecule has 0 atom stereocenters. The van der Waals surface area contributed by atoms with Crippen molar-refractivity contribution in [1.82, 2.24) is 0 Å². The van der Waals surface area contributed by atoms with Crippen molar-refractivity contribution in [3.63, 3.8) is 0 Å². The molecule has 0 aromatic heterocycles. The maximum absolute atomic E-state index is 11.6. The number of nitrogens with one attached hydrogen (secondary N) is 1. The normalized spacial score (nSPS) is 10.3. The van der Waals surface area contributed by atoms with Gasteiger partial charge in [0, 0.05) is 23.9 Å². The number of hydrogen-bond donors (Lipinski definition) is 2. The third kappa shape index (κ3) is 4.31. The largest absolute Gasteiger partial charge is 0.370 e. The van der Waals surface area contributed by atoms with Crippen LogP contribution in [0.2, 0.25) is 0 Å². The number of nitro groups is 1. The Balaban J connectivity index is 2.77. The Morgan fingerprint density at radius 2 is 2.11 bits per heavy atom. The van der Waals surface area contributed by atoms with E-state index in [1.807, 2.05) is 0 Å². The van der Waals surface area contributed by atoms with E-state index in [-0.39, 0.29) is 18.2 Å². The lowest BCUT2D eigenvalue weighted by atomic mass is 10.1. The van der Waals surface area contributed by atoms with Crippen LogP contribution in [0.1, 0.15) is 11.1 Å². The fourth-order valence-electron chi connectivity index (χ4n) is 1.57. The molecule has 0 aliphatic heterocycles. The molecule has 0 heterocycles. The summed E-state index contributed by atoms with van der Waals surface area (Å²) in [5.41, 5.74) is 6.94. The monoisotopic (exact) mass is 267 g/mol. The molecule has 7 heteroatoms. The third-order valence-electron chi connectivity index (χ3n) is 2.51. The summed E-state index contributed by atoms with van der Waals surface area (Å²) in [6.45, 7) is 3.89. The number of rotatable bonds is 6. The fourth-order valence-corrected chi connectivity index (χ4v) is 1.57. The first kappa shape index (κ1) is 15.1. The van der Waals surface area contributed by atoms with E-state index in [4.69, 9.17) is 10.5 Å². The van der Waals surface area contributed by atoms with Crippen LogP contribution in [0, 0.1) is 24.0 Å². The summed E-state index contributed by atoms with van der Waals surface area (Å²) >= 11 is 0. The maximum Gasteiger partial charge on any atom is 0.272 e. The van der Waals surface area contributed by atoms with Crippen LogP contribution in [0.5, 0.6) is 0 Å². The van der Waals surface area contributed by atoms with Gasteiger partial charge in [0.1, 0.15) is 6.61 Å². The quantitative estimate of drug-likeness (QED) is 0.456. The average molecular weight is 267 g/mol. The Morgan fingerprint density at radius 3 is 2.68 bits per heavy atom. The summed E-state index contributed by atoms with van der Waals surface area (Å²) < 4.78 is 5.00. The molecule has 0 aliphatic rings. The highest BCUT2D eigenvalue weighted by atomic mass is 16.6. The molecular formula is C12H17N3O4. The molecule has 0 radical (unpaired) electrons. The zero-order valence-corrected chi connectivity index (χ0v) is 10.9. The van der Waals surface area contributed by atoms with E-state index >= 15 is 0 Å². The number of benzene rings is 1. The fraction of sp³-hybridized carbons (Fsp3) is 0.417. The molecule has 0 aliphatic carbocycles. The van der Waals surface area contributed by atoms with Gasteiger partial charge in [-0.2, -0.15) is 0 Å². The molecule has 1 aromatic rings. The lowest BCUT2D eigenvalue weighted by Crippen LogP contribution is -2.21. The first-order chi connectivity index (χ1) is 8.95. The number of ether oxygens (including phenoxy) is 1. The molecule has 0 unspecified atom stereocenters. The molecule has 19 heavy (non-hydrogen) atoms. The van der Waals surface area contributed by atoms with Crippen molar-refractivity contribution in [2.45, 2.75) is 13.8 Å². The highest BCUT2D eigenvalue weighted by molar-refractivity contribution is 5.92. The van der Waals surface area contributed by atoms with Gasteiger partial charge in [-0.3, -0.25) is 14.9 Å². The van der Waals surface area contributed by atoms with Crippen molar-refractivity contribution in [1.29, 1.82) is 0 Å². The van der Waals surface area contributed by atoms with Gasteiger partial charge in [0.25, 0.3) is 5.69 Å². The minimum absolute atomic E-state index is 0.0369. The van der Waals surface area contributed by atoms with E-state index in [1.165, 1.54) is 6.07 Å². The number of aryl methyl sites for hydroxylation is 2. The topological polar surface area (TPSA) is 107 Å². The van der Waals surface area contributed by atoms with Gasteiger partial charge in [0.2, 0.25) is 5.91 Å². The van der Waals surface area contributed by atoms with Crippen molar-refractivity contribution in [3.8, 4) is 0 Å². The SMILES string of the molecule is Cc1cc([N+](=O)[O-])c(C)cc1NC(=O)COCCN. The van der Waals surface area contributed by atoms with Gasteiger partial charge in [-0.1, -0.05) is 0 Å². The van der Waals surface area contributed by atoms with E-state index in [0.717, 1.165) is 0 Å². The summed E-state index contributed by atoms with van der Waals surface area (Å²) in [6, 6.07) is 3.01. The standard InChI is InChI=1S/C12H17N3O4/c1-8-6-11(15(17)18)9(2)5-10(8)14-12(16)7-19-4-3-13/h5-6H,3-4,7,13H2,1-2H3,(H,14,16). The predicted octanol–water partition coefficient (Wildman–Crippen LogP) is 1.13. The van der Waals surface area contributed by atoms with Crippen LogP contribution in [0.3, 0.4) is 0 Å². The molecule has 104 valence electrons. The van der Waals surface area contributed by atoms with E-state index in [2.05, 4.69) is 5.32 Å². The Labute approximate surface area is 110 Å². The maximum atomic E-state index is 11.6. The first-order valence-corrected chi connectivity index (χ1v) is 5.79. The van der Waals surface area contributed by atoms with Gasteiger partial charge < -0.3 is 15.8 Å². The highest BCUT2D eigenvalue weighted by Gasteiger charge is 2.14. The van der Waals surface area contributed by atoms with Gasteiger partial charge in [-0.15, -0.1) is 0 Å². The lowest BCUT2D eigenvalue weighted by molar-refractivity contribution is -0.385. The second-order valence-electron chi connectivity index (χ2n) is 4.10. The number of nitrogens with two attached hydrogens (primary N) is 1. The molecule has 0 saturated heterocycles. The van der Waals surface area contributed by atoms with E-state index in [0.29, 0.717) is 30.0 Å². The van der Waals surface area contributed by atoms with Crippen LogP contribution in [0.15, 0.2) is 12.1 Å². The Morgan fingerprint density at radius 1 is 1.42 bits per heavy atom. The number of anilines is 1. The van der Waals surface area contributed by atoms with E-state index in [1.54, 1.807) is 19.9 Å². The summed E-state index contributed by atoms with van der Waals surface area (Å²) in [4.78, 5) is 21.9. The number of amides is 1. The van der Waals surface area contributed by atoms with Gasteiger partial charge in [0.05, 0.1) is 11.5 Å². The Kier molecular flexibility index (Phi) is 5.40. The van der Waals surface area contributed by atoms with Crippen LogP contribution >= 0.6 is 0 Å². The van der Waals surface area contributed by atoms with Crippen molar-refractivity contribution in [3.05, 3.63) is 33.4 Å². The molecule has 0 saturated carbocycles. The van der Waals surface area contributed by atoms with Crippen molar-refractivity contribution >= 4 is 17.3 Å². The third-order valence-corrected chi connectivity index (χ3v) is 2.51. The molecule has 0 bridgehead atoms. The minimum atomic E-state index is -0.446. The molecule has 1 amide bonds. The van der Waals surface area contributed by atoms with Gasteiger partial charge in [0.15, 0.2) is 0 Å². The second kappa shape index (κ2) is 6.81. The van der Waals surface area contributed by atoms with Gasteiger partial charge in [-0.25, -0.2) is 0 Å². The van der Waals surface area contributed by atoms with Gasteiger partial charge >= 0.3 is 0 Å². The van der Waals surface area contributed by atoms with E-state index < -0.39 is 4.92 Å². The Bertz CT molecular complexity index is 488. The van der Waals surface area contributed by atoms with E-state index in [9.17, 15) is 14.9 Å². The molecule has 1 aromatic carbocycles. The van der Waals surface area contributed by atoms with Crippen LogP contribution in [0.25, 0.3) is 0 Å². The van der Waals surface area contributed by atoms with Crippen molar-refractivity contribution in [2.75, 3.05) is 25.1 Å². The summed E-state index contributed by atoms with van der Waals surface area (Å²) in [7, 11) is 0. The zero-order chi connectivity index (χ0) is 14.4. The lowest BCUT2D eigenvalue weighted by Gasteiger charge is -2.10. The van der Waals surface area contributed by atoms with Crippen LogP contribution in [0.4, 0.5) is 11.4 Å². The zero-order valence-electron chi connectivity index (χ0n) is 10.9. The average Bonchev–Trinajstić information content (AvgIpc) is 2.33. The number of carbonyl (C=O) groups excluding carboxylic acids is 1. The van der Waals surface area contributed by atoms with Crippen LogP contribution in [-0.4, -0.2) is 30.6 Å². The predicted molar refractivity (Wildman–Crippen MR) is 71.1 cm³/mol. The molecule has 7 nitrogen and oxygen atoms in total. The van der Waals surface area contributed by atoms with Gasteiger partial charge in [-0.05, 0) is 25.5 Å². The molecule has 0 spiro atoms. The molecule has 0 fully saturated rings. The molecule has 1 rings (SSSR count). The van der Waals surface area contributed by atoms with Crippen molar-refractivity contribution < 1.29 is 14.5 Å². The number of hydrogen-bond acceptors (Lipinski definition) is 5. The van der Waals surface area contributed by atoms with Crippen molar-refractivity contribution in [2.24, 2.45) is 5.73 Å². The highest BCUT2D eigenvalue weighted by Crippen LogP contribution is 2.25. The number of nitrogens with zero attached hydrogens (tertiary/aromatic N) is 1. The molecular weight excluding hydrogens is 250 g/mol. The smallest absolute Gasteiger partial charge is 0.272 e.